The first-order valence-corrected chi connectivity index (χ1v) is 21.7. The van der Waals surface area contributed by atoms with Gasteiger partial charge in [-0.05, 0) is 51.6 Å². The van der Waals surface area contributed by atoms with Crippen molar-refractivity contribution in [2.45, 2.75) is 65.0 Å². The molecule has 0 aromatic heterocycles. The molecule has 10 nitrogen and oxygen atoms in total. The highest BCUT2D eigenvalue weighted by Gasteiger charge is 2.28. The molecule has 242 valence electrons. The quantitative estimate of drug-likeness (QED) is 0.0783. The summed E-state index contributed by atoms with van der Waals surface area (Å²) in [5, 5.41) is 0. The molecule has 0 radical (unpaired) electrons. The third-order valence-corrected chi connectivity index (χ3v) is 11.5. The molecule has 0 saturated heterocycles. The molecule has 40 heavy (non-hydrogen) atoms. The monoisotopic (exact) mass is 614 g/mol. The van der Waals surface area contributed by atoms with Crippen LogP contribution in [-0.2, 0) is 46.7 Å². The lowest BCUT2D eigenvalue weighted by Crippen LogP contribution is -2.42. The van der Waals surface area contributed by atoms with Gasteiger partial charge >= 0.3 is 0 Å². The fourth-order valence-corrected chi connectivity index (χ4v) is 11.6. The van der Waals surface area contributed by atoms with Crippen molar-refractivity contribution in [3.63, 3.8) is 0 Å². The molecule has 0 rings (SSSR count). The molecule has 0 amide bonds. The Morgan fingerprint density at radius 1 is 0.350 bits per heavy atom. The zero-order chi connectivity index (χ0) is 29.6. The van der Waals surface area contributed by atoms with Crippen molar-refractivity contribution >= 4 is 16.6 Å². The van der Waals surface area contributed by atoms with Gasteiger partial charge < -0.3 is 46.7 Å². The summed E-state index contributed by atoms with van der Waals surface area (Å²) >= 11 is 0. The van der Waals surface area contributed by atoms with E-state index in [9.17, 15) is 0 Å². The molecule has 0 aliphatic carbocycles. The van der Waals surface area contributed by atoms with Crippen molar-refractivity contribution < 1.29 is 46.7 Å². The van der Waals surface area contributed by atoms with E-state index in [2.05, 4.69) is 39.7 Å². The van der Waals surface area contributed by atoms with E-state index in [1.807, 2.05) is 0 Å². The van der Waals surface area contributed by atoms with Gasteiger partial charge in [0.25, 0.3) is 0 Å². The Balaban J connectivity index is 3.14. The van der Waals surface area contributed by atoms with Crippen molar-refractivity contribution in [2.24, 2.45) is 0 Å². The fraction of sp³-hybridized carbons (Fsp3) is 1.00. The van der Waals surface area contributed by atoms with Crippen LogP contribution in [0, 0.1) is 0 Å². The number of unbranched alkanes of at least 4 members (excludes halogenated alkanes) is 1. The highest BCUT2D eigenvalue weighted by Crippen LogP contribution is 2.19. The molecule has 12 heteroatoms. The summed E-state index contributed by atoms with van der Waals surface area (Å²) in [6, 6.07) is 1.14. The zero-order valence-corrected chi connectivity index (χ0v) is 28.6. The van der Waals surface area contributed by atoms with E-state index >= 15 is 0 Å². The summed E-state index contributed by atoms with van der Waals surface area (Å²) in [6.07, 6.45) is 3.30. The summed E-state index contributed by atoms with van der Waals surface area (Å²) in [4.78, 5) is 0. The minimum atomic E-state index is -1.56. The van der Waals surface area contributed by atoms with Crippen LogP contribution in [0.2, 0.25) is 38.8 Å². The Morgan fingerprint density at radius 3 is 0.850 bits per heavy atom. The van der Waals surface area contributed by atoms with E-state index in [-0.39, 0.29) is 0 Å². The number of hydrogen-bond donors (Lipinski definition) is 0. The van der Waals surface area contributed by atoms with Gasteiger partial charge in [-0.1, -0.05) is 13.3 Å². The van der Waals surface area contributed by atoms with Crippen LogP contribution in [0.3, 0.4) is 0 Å². The normalized spacial score (nSPS) is 12.4. The smallest absolute Gasteiger partial charge is 0.173 e. The van der Waals surface area contributed by atoms with Crippen molar-refractivity contribution in [1.82, 2.24) is 0 Å². The second-order valence-corrected chi connectivity index (χ2v) is 20.0. The maximum atomic E-state index is 6.35. The first-order valence-electron chi connectivity index (χ1n) is 15.2. The average molecular weight is 615 g/mol. The van der Waals surface area contributed by atoms with E-state index < -0.39 is 16.6 Å². The SMILES string of the molecule is CCCCOCCOCCOCCOCCOCCOCCOCCOCCOCCC[Si](C)(C)O[Si](C)(C)C. The van der Waals surface area contributed by atoms with Crippen molar-refractivity contribution in [1.29, 1.82) is 0 Å². The minimum absolute atomic E-state index is 0.535. The van der Waals surface area contributed by atoms with Crippen LogP contribution in [0.25, 0.3) is 0 Å². The van der Waals surface area contributed by atoms with Gasteiger partial charge in [-0.25, -0.2) is 0 Å². The molecular weight excluding hydrogens is 552 g/mol. The van der Waals surface area contributed by atoms with Gasteiger partial charge in [0.1, 0.15) is 0 Å². The Kier molecular flexibility index (Phi) is 29.1. The van der Waals surface area contributed by atoms with Gasteiger partial charge in [-0.15, -0.1) is 0 Å². The largest absolute Gasteiger partial charge is 0.456 e. The molecule has 0 fully saturated rings. The van der Waals surface area contributed by atoms with Crippen molar-refractivity contribution in [3.05, 3.63) is 0 Å². The van der Waals surface area contributed by atoms with Crippen molar-refractivity contribution in [3.8, 4) is 0 Å². The van der Waals surface area contributed by atoms with Crippen LogP contribution in [0.5, 0.6) is 0 Å². The topological polar surface area (TPSA) is 92.3 Å². The van der Waals surface area contributed by atoms with Gasteiger partial charge in [-0.3, -0.25) is 0 Å². The molecule has 0 heterocycles. The van der Waals surface area contributed by atoms with Crippen LogP contribution < -0.4 is 0 Å². The average Bonchev–Trinajstić information content (AvgIpc) is 2.88. The van der Waals surface area contributed by atoms with E-state index in [1.165, 1.54) is 0 Å². The Labute approximate surface area is 247 Å². The summed E-state index contributed by atoms with van der Waals surface area (Å²) in [6.45, 7) is 24.1. The van der Waals surface area contributed by atoms with E-state index in [0.29, 0.717) is 106 Å². The van der Waals surface area contributed by atoms with Crippen molar-refractivity contribution in [2.75, 3.05) is 119 Å². The summed E-state index contributed by atoms with van der Waals surface area (Å²) in [5.74, 6) is 0. The van der Waals surface area contributed by atoms with Crippen LogP contribution in [0.1, 0.15) is 26.2 Å². The van der Waals surface area contributed by atoms with Gasteiger partial charge in [0.2, 0.25) is 0 Å². The third-order valence-electron chi connectivity index (χ3n) is 5.27. The number of hydrogen-bond acceptors (Lipinski definition) is 10. The predicted octanol–water partition coefficient (Wildman–Crippen LogP) is 4.38. The molecule has 0 aromatic rings. The molecule has 0 saturated carbocycles. The highest BCUT2D eigenvalue weighted by atomic mass is 28.4. The molecule has 0 N–H and O–H groups in total. The Morgan fingerprint density at radius 2 is 0.600 bits per heavy atom. The van der Waals surface area contributed by atoms with Gasteiger partial charge in [0.05, 0.1) is 106 Å². The summed E-state index contributed by atoms with van der Waals surface area (Å²) in [7, 11) is -3.01. The first kappa shape index (κ1) is 40.0. The lowest BCUT2D eigenvalue weighted by Gasteiger charge is -2.31. The summed E-state index contributed by atoms with van der Waals surface area (Å²) in [5.41, 5.74) is 0. The van der Waals surface area contributed by atoms with Crippen LogP contribution >= 0.6 is 0 Å². The lowest BCUT2D eigenvalue weighted by molar-refractivity contribution is -0.0250. The van der Waals surface area contributed by atoms with E-state index in [0.717, 1.165) is 38.5 Å². The molecule has 0 spiro atoms. The molecule has 0 aromatic carbocycles. The predicted molar refractivity (Wildman–Crippen MR) is 164 cm³/mol. The molecule has 0 atom stereocenters. The van der Waals surface area contributed by atoms with Gasteiger partial charge in [-0.2, -0.15) is 0 Å². The van der Waals surface area contributed by atoms with Gasteiger partial charge in [0.15, 0.2) is 16.6 Å². The fourth-order valence-electron chi connectivity index (χ4n) is 3.59. The van der Waals surface area contributed by atoms with Gasteiger partial charge in [0, 0.05) is 13.2 Å². The highest BCUT2D eigenvalue weighted by molar-refractivity contribution is 6.84. The van der Waals surface area contributed by atoms with Crippen LogP contribution in [-0.4, -0.2) is 136 Å². The third kappa shape index (κ3) is 34.2. The van der Waals surface area contributed by atoms with E-state index in [1.54, 1.807) is 0 Å². The first-order chi connectivity index (χ1) is 19.3. The van der Waals surface area contributed by atoms with Crippen LogP contribution in [0.4, 0.5) is 0 Å². The Hall–Kier alpha value is 0.0338. The number of rotatable bonds is 33. The second-order valence-electron chi connectivity index (χ2n) is 10.9. The zero-order valence-electron chi connectivity index (χ0n) is 26.6. The standard InChI is InChI=1S/C28H62O10Si2/c1-7-8-10-29-12-14-31-16-18-33-20-22-35-24-26-37-27-25-36-23-21-34-19-17-32-15-13-30-11-9-28-40(5,6)38-39(2,3)4/h7-28H2,1-6H3. The minimum Gasteiger partial charge on any atom is -0.456 e. The molecule has 0 aliphatic heterocycles. The number of ether oxygens (including phenoxy) is 9. The van der Waals surface area contributed by atoms with E-state index in [4.69, 9.17) is 46.7 Å². The maximum absolute atomic E-state index is 6.35. The molecule has 0 aliphatic rings. The summed E-state index contributed by atoms with van der Waals surface area (Å²) < 4.78 is 55.8. The second kappa shape index (κ2) is 29.1. The molecule has 0 unspecified atom stereocenters. The molecular formula is C28H62O10Si2. The maximum Gasteiger partial charge on any atom is 0.173 e. The Bertz CT molecular complexity index is 510. The lowest BCUT2D eigenvalue weighted by atomic mass is 10.4. The molecule has 0 bridgehead atoms. The van der Waals surface area contributed by atoms with Crippen LogP contribution in [0.15, 0.2) is 0 Å².